The minimum Gasteiger partial charge on any atom is -0.508 e. The lowest BCUT2D eigenvalue weighted by molar-refractivity contribution is -0.219. The van der Waals surface area contributed by atoms with E-state index in [1.807, 2.05) is 0 Å². The molecule has 0 saturated carbocycles. The van der Waals surface area contributed by atoms with Crippen LogP contribution in [0.2, 0.25) is 0 Å². The van der Waals surface area contributed by atoms with E-state index in [-0.39, 0.29) is 57.4 Å². The van der Waals surface area contributed by atoms with Gasteiger partial charge in [-0.05, 0) is 24.3 Å². The van der Waals surface area contributed by atoms with Crippen LogP contribution >= 0.6 is 11.8 Å². The van der Waals surface area contributed by atoms with Gasteiger partial charge in [-0.15, -0.1) is 11.8 Å². The molecule has 0 fully saturated rings. The second-order valence-corrected chi connectivity index (χ2v) is 12.8. The van der Waals surface area contributed by atoms with Crippen molar-refractivity contribution >= 4 is 11.8 Å². The summed E-state index contributed by atoms with van der Waals surface area (Å²) in [5.74, 6) is -10.4. The van der Waals surface area contributed by atoms with Crippen molar-refractivity contribution in [3.63, 3.8) is 0 Å². The van der Waals surface area contributed by atoms with Gasteiger partial charge in [0.25, 0.3) is 0 Å². The molecular weight excluding hydrogens is 656 g/mol. The number of hydrogen-bond donors (Lipinski definition) is 12. The Hall–Kier alpha value is -5.29. The Labute approximate surface area is 273 Å². The van der Waals surface area contributed by atoms with E-state index in [0.29, 0.717) is 0 Å². The van der Waals surface area contributed by atoms with Crippen molar-refractivity contribution in [3.05, 3.63) is 70.3 Å². The van der Waals surface area contributed by atoms with Crippen LogP contribution in [0.4, 0.5) is 0 Å². The number of aliphatic hydroxyl groups excluding tert-OH is 3. The van der Waals surface area contributed by atoms with Crippen molar-refractivity contribution in [1.29, 1.82) is 0 Å². The number of rotatable bonds is 5. The van der Waals surface area contributed by atoms with Gasteiger partial charge in [-0.1, -0.05) is 0 Å². The average molecular weight is 685 g/mol. The fraction of sp³-hybridized carbons (Fsp3) is 0.250. The van der Waals surface area contributed by atoms with E-state index in [2.05, 4.69) is 0 Å². The largest absolute Gasteiger partial charge is 0.508 e. The summed E-state index contributed by atoms with van der Waals surface area (Å²) < 4.78 is 18.7. The van der Waals surface area contributed by atoms with Gasteiger partial charge in [-0.25, -0.2) is 0 Å². The van der Waals surface area contributed by atoms with E-state index in [4.69, 9.17) is 14.2 Å². The quantitative estimate of drug-likeness (QED) is 0.135. The minimum absolute atomic E-state index is 0.00513. The third kappa shape index (κ3) is 4.41. The zero-order valence-electron chi connectivity index (χ0n) is 24.3. The summed E-state index contributed by atoms with van der Waals surface area (Å²) in [7, 11) is 0. The number of aliphatic hydroxyl groups is 3. The zero-order valence-corrected chi connectivity index (χ0v) is 25.2. The van der Waals surface area contributed by atoms with E-state index >= 15 is 0 Å². The molecule has 4 aromatic rings. The Morgan fingerprint density at radius 3 is 1.81 bits per heavy atom. The molecule has 0 amide bonds. The third-order valence-electron chi connectivity index (χ3n) is 8.68. The molecule has 0 saturated heterocycles. The molecule has 4 aromatic carbocycles. The summed E-state index contributed by atoms with van der Waals surface area (Å²) in [5.41, 5.74) is -0.259. The standard InChI is InChI=1S/C32H28O15S/c33-1-2-48-30-22-14(36)9-20-23(29(22)45-28(27(30)43)10-3-15(37)25(41)16(38)4-10)24-21-13(35)7-12(34)8-19(21)46-32(47-20,31(24)44)11-5-17(39)26(42)18(40)6-11/h3-9,24,27-28,30-31,33-44H,1-2H2/t24-,27+,28-,30+,31-,32+/m1/s1. The van der Waals surface area contributed by atoms with Crippen molar-refractivity contribution in [2.75, 3.05) is 12.4 Å². The predicted molar refractivity (Wildman–Crippen MR) is 163 cm³/mol. The number of hydrogen-bond acceptors (Lipinski definition) is 16. The molecule has 12 N–H and O–H groups in total. The number of phenolic OH excluding ortho intramolecular Hbond substituents is 9. The van der Waals surface area contributed by atoms with E-state index < -0.39 is 87.0 Å². The highest BCUT2D eigenvalue weighted by Gasteiger charge is 2.60. The first kappa shape index (κ1) is 31.3. The fourth-order valence-corrected chi connectivity index (χ4v) is 7.71. The number of phenols is 9. The van der Waals surface area contributed by atoms with Crippen LogP contribution in [0.1, 0.15) is 45.1 Å². The highest BCUT2D eigenvalue weighted by atomic mass is 32.2. The Bertz CT molecular complexity index is 1940. The molecule has 0 unspecified atom stereocenters. The van der Waals surface area contributed by atoms with E-state index in [0.717, 1.165) is 54.2 Å². The average Bonchev–Trinajstić information content (AvgIpc) is 3.01. The topological polar surface area (TPSA) is 270 Å². The van der Waals surface area contributed by atoms with Gasteiger partial charge in [0.2, 0.25) is 0 Å². The molecule has 0 radical (unpaired) electrons. The van der Waals surface area contributed by atoms with Gasteiger partial charge in [0, 0.05) is 46.2 Å². The maximum atomic E-state index is 12.1. The van der Waals surface area contributed by atoms with Crippen LogP contribution < -0.4 is 14.2 Å². The van der Waals surface area contributed by atoms with Crippen LogP contribution in [0.3, 0.4) is 0 Å². The molecule has 7 rings (SSSR count). The Morgan fingerprint density at radius 1 is 0.646 bits per heavy atom. The lowest BCUT2D eigenvalue weighted by Gasteiger charge is -2.51. The maximum Gasteiger partial charge on any atom is 0.305 e. The molecule has 252 valence electrons. The Kier molecular flexibility index (Phi) is 7.10. The smallest absolute Gasteiger partial charge is 0.305 e. The van der Waals surface area contributed by atoms with Crippen molar-refractivity contribution in [1.82, 2.24) is 0 Å². The normalized spacial score (nSPS) is 25.1. The fourth-order valence-electron chi connectivity index (χ4n) is 6.61. The first-order valence-corrected chi connectivity index (χ1v) is 15.4. The van der Waals surface area contributed by atoms with Gasteiger partial charge in [0.15, 0.2) is 40.6 Å². The minimum atomic E-state index is -2.35. The number of thioether (sulfide) groups is 1. The molecule has 3 heterocycles. The van der Waals surface area contributed by atoms with Crippen molar-refractivity contribution in [2.24, 2.45) is 0 Å². The highest BCUT2D eigenvalue weighted by Crippen LogP contribution is 2.64. The first-order chi connectivity index (χ1) is 22.8. The summed E-state index contributed by atoms with van der Waals surface area (Å²) in [6.07, 6.45) is -4.74. The zero-order chi connectivity index (χ0) is 34.4. The van der Waals surface area contributed by atoms with Crippen molar-refractivity contribution < 1.29 is 75.5 Å². The van der Waals surface area contributed by atoms with Gasteiger partial charge in [0.1, 0.15) is 46.7 Å². The van der Waals surface area contributed by atoms with Crippen molar-refractivity contribution in [2.45, 2.75) is 35.3 Å². The third-order valence-corrected chi connectivity index (χ3v) is 9.98. The Balaban J connectivity index is 1.51. The molecule has 0 aliphatic carbocycles. The molecular formula is C32H28O15S. The molecule has 3 aliphatic rings. The summed E-state index contributed by atoms with van der Waals surface area (Å²) in [6, 6.07) is 7.29. The summed E-state index contributed by atoms with van der Waals surface area (Å²) in [4.78, 5) is 0. The molecule has 16 heteroatoms. The van der Waals surface area contributed by atoms with E-state index in [1.165, 1.54) is 0 Å². The van der Waals surface area contributed by atoms with Gasteiger partial charge in [-0.2, -0.15) is 0 Å². The molecule has 3 aliphatic heterocycles. The highest BCUT2D eigenvalue weighted by molar-refractivity contribution is 7.99. The molecule has 0 spiro atoms. The number of ether oxygens (including phenoxy) is 3. The van der Waals surface area contributed by atoms with Crippen LogP contribution in [-0.4, -0.2) is 85.8 Å². The van der Waals surface area contributed by atoms with Gasteiger partial charge < -0.3 is 75.5 Å². The summed E-state index contributed by atoms with van der Waals surface area (Å²) >= 11 is 1.03. The Morgan fingerprint density at radius 2 is 1.21 bits per heavy atom. The molecule has 0 aromatic heterocycles. The second kappa shape index (κ2) is 10.9. The van der Waals surface area contributed by atoms with Crippen LogP contribution in [-0.2, 0) is 5.79 Å². The number of benzene rings is 4. The first-order valence-electron chi connectivity index (χ1n) is 14.4. The predicted octanol–water partition coefficient (Wildman–Crippen LogP) is 2.43. The van der Waals surface area contributed by atoms with Crippen LogP contribution in [0.15, 0.2) is 42.5 Å². The lowest BCUT2D eigenvalue weighted by Crippen LogP contribution is -2.57. The maximum absolute atomic E-state index is 12.1. The van der Waals surface area contributed by atoms with E-state index in [9.17, 15) is 61.3 Å². The van der Waals surface area contributed by atoms with Crippen LogP contribution in [0.25, 0.3) is 0 Å². The summed E-state index contributed by atoms with van der Waals surface area (Å²) in [5, 5.41) is 126. The molecule has 2 bridgehead atoms. The molecule has 6 atom stereocenters. The number of aromatic hydroxyl groups is 9. The van der Waals surface area contributed by atoms with Crippen LogP contribution in [0, 0.1) is 0 Å². The van der Waals surface area contributed by atoms with Gasteiger partial charge in [-0.3, -0.25) is 0 Å². The van der Waals surface area contributed by atoms with Crippen molar-refractivity contribution in [3.8, 4) is 69.0 Å². The molecule has 15 nitrogen and oxygen atoms in total. The number of fused-ring (bicyclic) bond motifs is 8. The SMILES string of the molecule is OCCS[C@H]1c2c(O)cc3c(c2O[C@H](c2cc(O)c(O)c(O)c2)[C@@H]1O)[C@H]1c2c(O)cc(O)cc2O[C@@](c2cc(O)c(O)c(O)c2)(O3)[C@@H]1O. The monoisotopic (exact) mass is 684 g/mol. The molecule has 48 heavy (non-hydrogen) atoms. The van der Waals surface area contributed by atoms with Gasteiger partial charge in [0.05, 0.1) is 23.3 Å². The van der Waals surface area contributed by atoms with E-state index in [1.54, 1.807) is 0 Å². The lowest BCUT2D eigenvalue weighted by atomic mass is 9.74. The summed E-state index contributed by atoms with van der Waals surface area (Å²) in [6.45, 7) is -0.317. The van der Waals surface area contributed by atoms with Crippen LogP contribution in [0.5, 0.6) is 69.0 Å². The van der Waals surface area contributed by atoms with Gasteiger partial charge >= 0.3 is 5.79 Å². The second-order valence-electron chi connectivity index (χ2n) is 11.5.